The van der Waals surface area contributed by atoms with E-state index in [-0.39, 0.29) is 5.92 Å². The van der Waals surface area contributed by atoms with Crippen molar-refractivity contribution in [2.45, 2.75) is 44.6 Å². The highest BCUT2D eigenvalue weighted by Gasteiger charge is 2.16. The first-order chi connectivity index (χ1) is 7.38. The summed E-state index contributed by atoms with van der Waals surface area (Å²) < 4.78 is 5.89. The lowest BCUT2D eigenvalue weighted by molar-refractivity contribution is 0.0887. The van der Waals surface area contributed by atoms with Gasteiger partial charge in [0.05, 0.1) is 18.1 Å². The van der Waals surface area contributed by atoms with Crippen molar-refractivity contribution in [2.24, 2.45) is 5.92 Å². The van der Waals surface area contributed by atoms with Gasteiger partial charge in [-0.1, -0.05) is 12.5 Å². The molecule has 2 aliphatic rings. The topological polar surface area (TPSA) is 33.0 Å². The predicted octanol–water partition coefficient (Wildman–Crippen LogP) is 3.32. The second-order valence-corrected chi connectivity index (χ2v) is 4.31. The third kappa shape index (κ3) is 2.86. The quantitative estimate of drug-likeness (QED) is 0.689. The number of ether oxygens (including phenoxy) is 1. The molecule has 1 saturated carbocycles. The minimum absolute atomic E-state index is 0.0451. The van der Waals surface area contributed by atoms with Crippen LogP contribution in [0.1, 0.15) is 38.5 Å². The number of nitrogens with zero attached hydrogens (tertiary/aromatic N) is 1. The van der Waals surface area contributed by atoms with E-state index in [2.05, 4.69) is 6.07 Å². The van der Waals surface area contributed by atoms with Crippen molar-refractivity contribution >= 4 is 0 Å². The number of hydrogen-bond acceptors (Lipinski definition) is 2. The molecular formula is C13H17NO. The summed E-state index contributed by atoms with van der Waals surface area (Å²) in [6.45, 7) is 0. The van der Waals surface area contributed by atoms with Crippen LogP contribution in [0, 0.1) is 17.2 Å². The van der Waals surface area contributed by atoms with Crippen LogP contribution in [0.15, 0.2) is 24.0 Å². The highest BCUT2D eigenvalue weighted by molar-refractivity contribution is 5.21. The fraction of sp³-hybridized carbons (Fsp3) is 0.615. The van der Waals surface area contributed by atoms with Crippen molar-refractivity contribution in [3.05, 3.63) is 24.0 Å². The Bertz CT molecular complexity index is 305. The monoisotopic (exact) mass is 203 g/mol. The zero-order valence-electron chi connectivity index (χ0n) is 8.98. The molecule has 2 aliphatic carbocycles. The Morgan fingerprint density at radius 1 is 1.27 bits per heavy atom. The summed E-state index contributed by atoms with van der Waals surface area (Å²) in [7, 11) is 0. The van der Waals surface area contributed by atoms with Crippen LogP contribution in [0.5, 0.6) is 0 Å². The van der Waals surface area contributed by atoms with E-state index in [1.807, 2.05) is 18.2 Å². The number of nitriles is 1. The normalized spacial score (nSPS) is 26.9. The first-order valence-corrected chi connectivity index (χ1v) is 5.83. The lowest BCUT2D eigenvalue weighted by atomic mass is 9.97. The van der Waals surface area contributed by atoms with Crippen LogP contribution in [0.25, 0.3) is 0 Å². The molecule has 2 nitrogen and oxygen atoms in total. The molecule has 0 radical (unpaired) electrons. The highest BCUT2D eigenvalue weighted by Crippen LogP contribution is 2.25. The van der Waals surface area contributed by atoms with E-state index in [9.17, 15) is 0 Å². The molecule has 0 aromatic heterocycles. The van der Waals surface area contributed by atoms with Crippen molar-refractivity contribution in [1.29, 1.82) is 5.26 Å². The summed E-state index contributed by atoms with van der Waals surface area (Å²) in [6.07, 6.45) is 13.5. The van der Waals surface area contributed by atoms with Crippen LogP contribution in [-0.4, -0.2) is 6.10 Å². The van der Waals surface area contributed by atoms with Gasteiger partial charge in [-0.3, -0.25) is 0 Å². The lowest BCUT2D eigenvalue weighted by Crippen LogP contribution is -2.16. The zero-order chi connectivity index (χ0) is 10.5. The first kappa shape index (κ1) is 10.3. The van der Waals surface area contributed by atoms with E-state index in [1.165, 1.54) is 32.1 Å². The summed E-state index contributed by atoms with van der Waals surface area (Å²) in [4.78, 5) is 0. The van der Waals surface area contributed by atoms with Crippen LogP contribution in [-0.2, 0) is 4.74 Å². The summed E-state index contributed by atoms with van der Waals surface area (Å²) in [5.41, 5.74) is 0. The molecule has 0 aromatic rings. The number of allylic oxidation sites excluding steroid dienone is 3. The van der Waals surface area contributed by atoms with Gasteiger partial charge in [-0.2, -0.15) is 5.26 Å². The van der Waals surface area contributed by atoms with E-state index >= 15 is 0 Å². The number of hydrogen-bond donors (Lipinski definition) is 0. The molecule has 0 heterocycles. The second-order valence-electron chi connectivity index (χ2n) is 4.31. The molecule has 80 valence electrons. The van der Waals surface area contributed by atoms with Gasteiger partial charge in [0.25, 0.3) is 0 Å². The molecule has 0 N–H and O–H groups in total. The van der Waals surface area contributed by atoms with Crippen LogP contribution in [0.4, 0.5) is 0 Å². The van der Waals surface area contributed by atoms with E-state index in [0.717, 1.165) is 12.2 Å². The standard InChI is InChI=1S/C13H17NO/c14-10-11-6-8-13(9-7-11)15-12-4-2-1-3-5-12/h6,8-9,11-12H,1-5,7H2. The molecule has 1 unspecified atom stereocenters. The molecule has 15 heavy (non-hydrogen) atoms. The largest absolute Gasteiger partial charge is 0.491 e. The van der Waals surface area contributed by atoms with Crippen LogP contribution in [0.2, 0.25) is 0 Å². The molecule has 0 spiro atoms. The van der Waals surface area contributed by atoms with E-state index < -0.39 is 0 Å². The molecule has 2 heteroatoms. The summed E-state index contributed by atoms with van der Waals surface area (Å²) in [5.74, 6) is 1.01. The average molecular weight is 203 g/mol. The smallest absolute Gasteiger partial charge is 0.115 e. The summed E-state index contributed by atoms with van der Waals surface area (Å²) in [5, 5.41) is 8.73. The van der Waals surface area contributed by atoms with Crippen LogP contribution >= 0.6 is 0 Å². The Labute approximate surface area is 91.2 Å². The van der Waals surface area contributed by atoms with Gasteiger partial charge >= 0.3 is 0 Å². The van der Waals surface area contributed by atoms with Gasteiger partial charge in [-0.15, -0.1) is 0 Å². The van der Waals surface area contributed by atoms with E-state index in [0.29, 0.717) is 6.10 Å². The first-order valence-electron chi connectivity index (χ1n) is 5.83. The summed E-state index contributed by atoms with van der Waals surface area (Å²) >= 11 is 0. The zero-order valence-corrected chi connectivity index (χ0v) is 8.98. The third-order valence-electron chi connectivity index (χ3n) is 3.09. The van der Waals surface area contributed by atoms with Gasteiger partial charge < -0.3 is 4.74 Å². The van der Waals surface area contributed by atoms with Crippen molar-refractivity contribution in [3.63, 3.8) is 0 Å². The van der Waals surface area contributed by atoms with Gasteiger partial charge in [-0.05, 0) is 44.3 Å². The van der Waals surface area contributed by atoms with Crippen LogP contribution < -0.4 is 0 Å². The second kappa shape index (κ2) is 5.02. The Morgan fingerprint density at radius 2 is 2.07 bits per heavy atom. The molecule has 0 aromatic carbocycles. The molecular weight excluding hydrogens is 186 g/mol. The molecule has 1 atom stereocenters. The van der Waals surface area contributed by atoms with Gasteiger partial charge in [-0.25, -0.2) is 0 Å². The molecule has 0 bridgehead atoms. The predicted molar refractivity (Wildman–Crippen MR) is 58.9 cm³/mol. The molecule has 0 saturated heterocycles. The third-order valence-corrected chi connectivity index (χ3v) is 3.09. The maximum atomic E-state index is 8.73. The molecule has 1 fully saturated rings. The van der Waals surface area contributed by atoms with E-state index in [1.54, 1.807) is 0 Å². The Hall–Kier alpha value is -1.23. The Balaban J connectivity index is 1.83. The van der Waals surface area contributed by atoms with Crippen molar-refractivity contribution in [1.82, 2.24) is 0 Å². The lowest BCUT2D eigenvalue weighted by Gasteiger charge is -2.24. The summed E-state index contributed by atoms with van der Waals surface area (Å²) in [6, 6.07) is 2.24. The average Bonchev–Trinajstić information content (AvgIpc) is 2.31. The molecule has 2 rings (SSSR count). The van der Waals surface area contributed by atoms with Gasteiger partial charge in [0.2, 0.25) is 0 Å². The fourth-order valence-electron chi connectivity index (χ4n) is 2.16. The maximum Gasteiger partial charge on any atom is 0.115 e. The molecule has 0 amide bonds. The minimum atomic E-state index is 0.0451. The van der Waals surface area contributed by atoms with Crippen molar-refractivity contribution in [3.8, 4) is 6.07 Å². The highest BCUT2D eigenvalue weighted by atomic mass is 16.5. The Morgan fingerprint density at radius 3 is 2.67 bits per heavy atom. The van der Waals surface area contributed by atoms with Gasteiger partial charge in [0, 0.05) is 0 Å². The van der Waals surface area contributed by atoms with Crippen molar-refractivity contribution < 1.29 is 4.74 Å². The molecule has 0 aliphatic heterocycles. The van der Waals surface area contributed by atoms with Gasteiger partial charge in [0.15, 0.2) is 0 Å². The maximum absolute atomic E-state index is 8.73. The van der Waals surface area contributed by atoms with Gasteiger partial charge in [0.1, 0.15) is 5.76 Å². The number of rotatable bonds is 2. The van der Waals surface area contributed by atoms with Crippen LogP contribution in [0.3, 0.4) is 0 Å². The van der Waals surface area contributed by atoms with Crippen molar-refractivity contribution in [2.75, 3.05) is 0 Å². The Kier molecular flexibility index (Phi) is 3.45. The fourth-order valence-corrected chi connectivity index (χ4v) is 2.16. The SMILES string of the molecule is N#CC1C=CC(OC2CCCCC2)=CC1. The minimum Gasteiger partial charge on any atom is -0.491 e. The van der Waals surface area contributed by atoms with E-state index in [4.69, 9.17) is 10.00 Å².